The number of halogens is 1. The van der Waals surface area contributed by atoms with Gasteiger partial charge in [-0.25, -0.2) is 4.79 Å². The van der Waals surface area contributed by atoms with Gasteiger partial charge in [-0.2, -0.15) is 0 Å². The quantitative estimate of drug-likeness (QED) is 0.797. The minimum Gasteiger partial charge on any atom is -0.478 e. The van der Waals surface area contributed by atoms with Crippen LogP contribution in [0.25, 0.3) is 0 Å². The molecule has 0 aromatic rings. The van der Waals surface area contributed by atoms with Gasteiger partial charge in [0.25, 0.3) is 0 Å². The Morgan fingerprint density at radius 3 is 2.79 bits per heavy atom. The van der Waals surface area contributed by atoms with Crippen molar-refractivity contribution < 1.29 is 9.90 Å². The van der Waals surface area contributed by atoms with E-state index >= 15 is 0 Å². The van der Waals surface area contributed by atoms with E-state index in [9.17, 15) is 4.79 Å². The Balaban J connectivity index is 3.13. The van der Waals surface area contributed by atoms with E-state index in [2.05, 4.69) is 34.2 Å². The topological polar surface area (TPSA) is 49.7 Å². The lowest BCUT2D eigenvalue weighted by molar-refractivity contribution is -0.132. The second kappa shape index (κ2) is 4.90. The maximum Gasteiger partial charge on any atom is 0.335 e. The van der Waals surface area contributed by atoms with Crippen molar-refractivity contribution in [2.75, 3.05) is 0 Å². The summed E-state index contributed by atoms with van der Waals surface area (Å²) in [6.07, 6.45) is 6.19. The third kappa shape index (κ3) is 2.41. The molecular formula is C10H8INO2. The number of aliphatic imine (C=N–C) groups is 1. The summed E-state index contributed by atoms with van der Waals surface area (Å²) in [4.78, 5) is 14.7. The van der Waals surface area contributed by atoms with Crippen LogP contribution in [0.15, 0.2) is 51.2 Å². The van der Waals surface area contributed by atoms with E-state index in [1.165, 1.54) is 12.3 Å². The average molecular weight is 301 g/mol. The predicted octanol–water partition coefficient (Wildman–Crippen LogP) is 2.47. The van der Waals surface area contributed by atoms with E-state index in [4.69, 9.17) is 5.11 Å². The minimum absolute atomic E-state index is 0.229. The molecule has 1 N–H and O–H groups in total. The van der Waals surface area contributed by atoms with Crippen molar-refractivity contribution in [1.29, 1.82) is 0 Å². The van der Waals surface area contributed by atoms with Gasteiger partial charge in [0.15, 0.2) is 0 Å². The molecule has 0 aliphatic heterocycles. The molecule has 0 radical (unpaired) electrons. The number of allylic oxidation sites excluding steroid dienone is 3. The highest BCUT2D eigenvalue weighted by Gasteiger charge is 2.12. The predicted molar refractivity (Wildman–Crippen MR) is 64.6 cm³/mol. The van der Waals surface area contributed by atoms with Crippen LogP contribution in [0.2, 0.25) is 0 Å². The van der Waals surface area contributed by atoms with Crippen LogP contribution < -0.4 is 0 Å². The summed E-state index contributed by atoms with van der Waals surface area (Å²) in [5.74, 6) is -0.953. The van der Waals surface area contributed by atoms with Gasteiger partial charge in [0.05, 0.1) is 11.3 Å². The molecule has 4 heteroatoms. The van der Waals surface area contributed by atoms with Crippen LogP contribution >= 0.6 is 22.6 Å². The number of hydrogen-bond donors (Lipinski definition) is 1. The van der Waals surface area contributed by atoms with Crippen LogP contribution in [0.3, 0.4) is 0 Å². The number of hydrogen-bond acceptors (Lipinski definition) is 2. The highest BCUT2D eigenvalue weighted by Crippen LogP contribution is 2.15. The van der Waals surface area contributed by atoms with Gasteiger partial charge in [0.1, 0.15) is 0 Å². The fraction of sp³-hybridized carbons (Fsp3) is 0. The Hall–Kier alpha value is -1.17. The Morgan fingerprint density at radius 2 is 2.29 bits per heavy atom. The molecule has 1 aliphatic carbocycles. The van der Waals surface area contributed by atoms with Crippen LogP contribution in [-0.2, 0) is 4.79 Å². The summed E-state index contributed by atoms with van der Waals surface area (Å²) in [5, 5.41) is 8.76. The molecule has 3 nitrogen and oxygen atoms in total. The van der Waals surface area contributed by atoms with Crippen molar-refractivity contribution in [1.82, 2.24) is 0 Å². The second-order valence-electron chi connectivity index (χ2n) is 2.50. The van der Waals surface area contributed by atoms with E-state index < -0.39 is 5.97 Å². The van der Waals surface area contributed by atoms with Gasteiger partial charge in [0.2, 0.25) is 0 Å². The molecule has 72 valence electrons. The van der Waals surface area contributed by atoms with Gasteiger partial charge in [-0.1, -0.05) is 35.2 Å². The first-order chi connectivity index (χ1) is 6.69. The lowest BCUT2D eigenvalue weighted by Crippen LogP contribution is -2.07. The lowest BCUT2D eigenvalue weighted by Gasteiger charge is -2.07. The van der Waals surface area contributed by atoms with E-state index in [-0.39, 0.29) is 5.57 Å². The normalized spacial score (nSPS) is 21.1. The lowest BCUT2D eigenvalue weighted by atomic mass is 10.0. The molecule has 0 spiro atoms. The standard InChI is InChI=1S/C10H8INO2/c1-2-12-9-5-7(10(13)14)3-4-8(9)6-11/h2-6H,1H2,(H,13,14)/b8-6-,12-9-. The Labute approximate surface area is 95.4 Å². The summed E-state index contributed by atoms with van der Waals surface area (Å²) < 4.78 is 1.84. The molecular weight excluding hydrogens is 293 g/mol. The molecule has 0 heterocycles. The van der Waals surface area contributed by atoms with Gasteiger partial charge in [-0.3, -0.25) is 4.99 Å². The number of carbonyl (C=O) groups is 1. The molecule has 0 atom stereocenters. The summed E-state index contributed by atoms with van der Waals surface area (Å²) in [6, 6.07) is 0. The first kappa shape index (κ1) is 10.9. The average Bonchev–Trinajstić information content (AvgIpc) is 2.18. The van der Waals surface area contributed by atoms with Crippen molar-refractivity contribution in [3.63, 3.8) is 0 Å². The Kier molecular flexibility index (Phi) is 3.82. The van der Waals surface area contributed by atoms with Crippen molar-refractivity contribution in [2.24, 2.45) is 4.99 Å². The third-order valence-corrected chi connectivity index (χ3v) is 2.30. The smallest absolute Gasteiger partial charge is 0.335 e. The van der Waals surface area contributed by atoms with Crippen molar-refractivity contribution >= 4 is 34.3 Å². The molecule has 0 amide bonds. The fourth-order valence-electron chi connectivity index (χ4n) is 0.979. The minimum atomic E-state index is -0.953. The van der Waals surface area contributed by atoms with E-state index in [0.717, 1.165) is 5.57 Å². The molecule has 0 aromatic heterocycles. The van der Waals surface area contributed by atoms with Crippen molar-refractivity contribution in [3.05, 3.63) is 46.2 Å². The van der Waals surface area contributed by atoms with Crippen molar-refractivity contribution in [3.8, 4) is 0 Å². The van der Waals surface area contributed by atoms with Gasteiger partial charge in [-0.15, -0.1) is 0 Å². The maximum absolute atomic E-state index is 10.7. The molecule has 1 aliphatic rings. The molecule has 0 bridgehead atoms. The number of aliphatic carboxylic acids is 1. The molecule has 1 rings (SSSR count). The molecule has 0 saturated carbocycles. The van der Waals surface area contributed by atoms with Crippen LogP contribution in [0.4, 0.5) is 0 Å². The Morgan fingerprint density at radius 1 is 1.57 bits per heavy atom. The van der Waals surface area contributed by atoms with Gasteiger partial charge >= 0.3 is 5.97 Å². The molecule has 14 heavy (non-hydrogen) atoms. The fourth-order valence-corrected chi connectivity index (χ4v) is 1.51. The molecule has 0 unspecified atom stereocenters. The van der Waals surface area contributed by atoms with Crippen molar-refractivity contribution in [2.45, 2.75) is 0 Å². The summed E-state index contributed by atoms with van der Waals surface area (Å²) in [6.45, 7) is 3.48. The van der Waals surface area contributed by atoms with Gasteiger partial charge in [0, 0.05) is 11.8 Å². The second-order valence-corrected chi connectivity index (χ2v) is 3.12. The SMILES string of the molecule is C=C/N=C1/C=C(C(=O)O)C=C/C1=C/I. The highest BCUT2D eigenvalue weighted by atomic mass is 127. The summed E-state index contributed by atoms with van der Waals surface area (Å²) in [7, 11) is 0. The molecule has 0 aromatic carbocycles. The number of nitrogens with zero attached hydrogens (tertiary/aromatic N) is 1. The number of rotatable bonds is 2. The van der Waals surface area contributed by atoms with E-state index in [1.807, 2.05) is 4.08 Å². The van der Waals surface area contributed by atoms with Gasteiger partial charge < -0.3 is 5.11 Å². The Bertz CT molecular complexity index is 389. The van der Waals surface area contributed by atoms with Crippen LogP contribution in [0.1, 0.15) is 0 Å². The highest BCUT2D eigenvalue weighted by molar-refractivity contribution is 14.1. The molecule has 0 saturated heterocycles. The number of carboxylic acid groups (broad SMARTS) is 1. The third-order valence-electron chi connectivity index (χ3n) is 1.63. The largest absolute Gasteiger partial charge is 0.478 e. The van der Waals surface area contributed by atoms with Crippen LogP contribution in [-0.4, -0.2) is 16.8 Å². The van der Waals surface area contributed by atoms with Crippen LogP contribution in [0, 0.1) is 0 Å². The van der Waals surface area contributed by atoms with E-state index in [1.54, 1.807) is 12.2 Å². The van der Waals surface area contributed by atoms with Gasteiger partial charge in [-0.05, 0) is 16.2 Å². The monoisotopic (exact) mass is 301 g/mol. The first-order valence-electron chi connectivity index (χ1n) is 3.81. The number of carboxylic acids is 1. The summed E-state index contributed by atoms with van der Waals surface area (Å²) >= 11 is 2.08. The van der Waals surface area contributed by atoms with E-state index in [0.29, 0.717) is 5.71 Å². The zero-order valence-electron chi connectivity index (χ0n) is 7.27. The molecule has 0 fully saturated rings. The van der Waals surface area contributed by atoms with Crippen LogP contribution in [0.5, 0.6) is 0 Å². The zero-order chi connectivity index (χ0) is 10.6. The summed E-state index contributed by atoms with van der Waals surface area (Å²) in [5.41, 5.74) is 1.73. The zero-order valence-corrected chi connectivity index (χ0v) is 9.43. The maximum atomic E-state index is 10.7. The first-order valence-corrected chi connectivity index (χ1v) is 5.06.